The van der Waals surface area contributed by atoms with Crippen molar-refractivity contribution >= 4 is 56.3 Å². The highest BCUT2D eigenvalue weighted by Crippen LogP contribution is 2.27. The minimum Gasteiger partial charge on any atom is -0.377 e. The standard InChI is InChI=1S/C29H25BrN6OS/c1-20(28(37)34-32-18-21-14-16-23(30)17-15-21)38-29-35-33-27(36(29)24-10-3-2-4-11-24)19-31-26-13-7-9-22-8-5-6-12-25(22)26/h2-18,20,31H,19H2,1H3,(H,34,37)/b32-18-/t20-/m1/s1. The lowest BCUT2D eigenvalue weighted by Gasteiger charge is -2.14. The number of amides is 1. The Morgan fingerprint density at radius 2 is 1.71 bits per heavy atom. The highest BCUT2D eigenvalue weighted by Gasteiger charge is 2.21. The molecule has 1 amide bonds. The van der Waals surface area contributed by atoms with E-state index in [0.717, 1.165) is 32.6 Å². The Morgan fingerprint density at radius 1 is 0.974 bits per heavy atom. The molecule has 9 heteroatoms. The first-order chi connectivity index (χ1) is 18.6. The zero-order chi connectivity index (χ0) is 26.3. The minimum absolute atomic E-state index is 0.221. The number of carbonyl (C=O) groups is 1. The number of nitrogens with zero attached hydrogens (tertiary/aromatic N) is 4. The molecular formula is C29H25BrN6OS. The first-order valence-corrected chi connectivity index (χ1v) is 13.7. The fraction of sp³-hybridized carbons (Fsp3) is 0.103. The van der Waals surface area contributed by atoms with Gasteiger partial charge in [-0.05, 0) is 48.2 Å². The summed E-state index contributed by atoms with van der Waals surface area (Å²) in [6, 6.07) is 32.0. The van der Waals surface area contributed by atoms with Gasteiger partial charge in [0.2, 0.25) is 0 Å². The molecule has 0 aliphatic carbocycles. The van der Waals surface area contributed by atoms with Crippen LogP contribution < -0.4 is 10.7 Å². The van der Waals surface area contributed by atoms with Crippen molar-refractivity contribution < 1.29 is 4.79 Å². The largest absolute Gasteiger partial charge is 0.377 e. The molecule has 1 atom stereocenters. The van der Waals surface area contributed by atoms with Gasteiger partial charge in [-0.25, -0.2) is 5.43 Å². The number of hydrogen-bond donors (Lipinski definition) is 2. The number of aromatic nitrogens is 3. The lowest BCUT2D eigenvalue weighted by Crippen LogP contribution is -2.27. The summed E-state index contributed by atoms with van der Waals surface area (Å²) in [5, 5.41) is 19.0. The third-order valence-electron chi connectivity index (χ3n) is 5.85. The number of benzene rings is 4. The molecule has 7 nitrogen and oxygen atoms in total. The van der Waals surface area contributed by atoms with Crippen molar-refractivity contribution in [2.75, 3.05) is 5.32 Å². The number of halogens is 1. The number of anilines is 1. The topological polar surface area (TPSA) is 84.2 Å². The highest BCUT2D eigenvalue weighted by atomic mass is 79.9. The molecule has 0 radical (unpaired) electrons. The number of carbonyl (C=O) groups excluding carboxylic acids is 1. The molecule has 2 N–H and O–H groups in total. The van der Waals surface area contributed by atoms with Crippen LogP contribution in [0.1, 0.15) is 18.3 Å². The summed E-state index contributed by atoms with van der Waals surface area (Å²) in [5.74, 6) is 0.522. The Morgan fingerprint density at radius 3 is 2.53 bits per heavy atom. The van der Waals surface area contributed by atoms with Crippen LogP contribution in [-0.2, 0) is 11.3 Å². The first-order valence-electron chi connectivity index (χ1n) is 12.0. The van der Waals surface area contributed by atoms with Crippen molar-refractivity contribution in [1.29, 1.82) is 0 Å². The fourth-order valence-electron chi connectivity index (χ4n) is 3.90. The van der Waals surface area contributed by atoms with Crippen molar-refractivity contribution in [3.05, 3.63) is 113 Å². The Kier molecular flexibility index (Phi) is 8.15. The van der Waals surface area contributed by atoms with E-state index in [4.69, 9.17) is 0 Å². The molecule has 1 heterocycles. The number of thioether (sulfide) groups is 1. The van der Waals surface area contributed by atoms with Crippen LogP contribution in [0.5, 0.6) is 0 Å². The van der Waals surface area contributed by atoms with Gasteiger partial charge in [0, 0.05) is 21.2 Å². The Balaban J connectivity index is 1.32. The van der Waals surface area contributed by atoms with E-state index < -0.39 is 5.25 Å². The Labute approximate surface area is 233 Å². The second-order valence-electron chi connectivity index (χ2n) is 8.50. The number of hydrogen-bond acceptors (Lipinski definition) is 6. The van der Waals surface area contributed by atoms with Crippen molar-refractivity contribution in [3.8, 4) is 5.69 Å². The van der Waals surface area contributed by atoms with Gasteiger partial charge in [-0.2, -0.15) is 5.10 Å². The molecule has 5 rings (SSSR count). The molecule has 0 unspecified atom stereocenters. The maximum Gasteiger partial charge on any atom is 0.253 e. The van der Waals surface area contributed by atoms with Gasteiger partial charge >= 0.3 is 0 Å². The Bertz CT molecular complexity index is 1560. The predicted molar refractivity (Wildman–Crippen MR) is 158 cm³/mol. The van der Waals surface area contributed by atoms with Gasteiger partial charge in [-0.3, -0.25) is 9.36 Å². The zero-order valence-corrected chi connectivity index (χ0v) is 23.0. The average Bonchev–Trinajstić information content (AvgIpc) is 3.35. The molecule has 0 saturated heterocycles. The number of hydrazone groups is 1. The maximum absolute atomic E-state index is 12.8. The van der Waals surface area contributed by atoms with Crippen molar-refractivity contribution in [2.24, 2.45) is 5.10 Å². The molecule has 0 bridgehead atoms. The third kappa shape index (κ3) is 6.12. The molecule has 0 saturated carbocycles. The third-order valence-corrected chi connectivity index (χ3v) is 7.42. The van der Waals surface area contributed by atoms with Gasteiger partial charge in [-0.1, -0.05) is 94.4 Å². The van der Waals surface area contributed by atoms with Gasteiger partial charge in [0.1, 0.15) is 0 Å². The molecule has 4 aromatic carbocycles. The molecule has 0 aliphatic rings. The monoisotopic (exact) mass is 584 g/mol. The highest BCUT2D eigenvalue weighted by molar-refractivity contribution is 9.10. The molecule has 0 spiro atoms. The molecular weight excluding hydrogens is 560 g/mol. The summed E-state index contributed by atoms with van der Waals surface area (Å²) < 4.78 is 2.97. The summed E-state index contributed by atoms with van der Waals surface area (Å²) >= 11 is 4.74. The molecule has 5 aromatic rings. The molecule has 0 aliphatic heterocycles. The van der Waals surface area contributed by atoms with Gasteiger partial charge in [0.25, 0.3) is 5.91 Å². The summed E-state index contributed by atoms with van der Waals surface area (Å²) in [7, 11) is 0. The lowest BCUT2D eigenvalue weighted by molar-refractivity contribution is -0.120. The van der Waals surface area contributed by atoms with Crippen LogP contribution in [0.4, 0.5) is 5.69 Å². The number of fused-ring (bicyclic) bond motifs is 1. The number of para-hydroxylation sites is 1. The van der Waals surface area contributed by atoms with Crippen molar-refractivity contribution in [1.82, 2.24) is 20.2 Å². The second-order valence-corrected chi connectivity index (χ2v) is 10.7. The van der Waals surface area contributed by atoms with Crippen LogP contribution in [0.2, 0.25) is 0 Å². The Hall–Kier alpha value is -3.95. The van der Waals surface area contributed by atoms with Crippen LogP contribution in [-0.4, -0.2) is 32.1 Å². The van der Waals surface area contributed by atoms with E-state index in [1.165, 1.54) is 17.1 Å². The molecule has 38 heavy (non-hydrogen) atoms. The van der Waals surface area contributed by atoms with Gasteiger partial charge in [-0.15, -0.1) is 10.2 Å². The summed E-state index contributed by atoms with van der Waals surface area (Å²) in [5.41, 5.74) is 5.46. The van der Waals surface area contributed by atoms with E-state index >= 15 is 0 Å². The minimum atomic E-state index is -0.442. The van der Waals surface area contributed by atoms with Gasteiger partial charge in [0.05, 0.1) is 18.0 Å². The average molecular weight is 586 g/mol. The SMILES string of the molecule is C[C@@H](Sc1nnc(CNc2cccc3ccccc23)n1-c1ccccc1)C(=O)N/N=C\c1ccc(Br)cc1. The van der Waals surface area contributed by atoms with E-state index in [1.807, 2.05) is 84.3 Å². The fourth-order valence-corrected chi connectivity index (χ4v) is 5.05. The van der Waals surface area contributed by atoms with Gasteiger partial charge < -0.3 is 5.32 Å². The van der Waals surface area contributed by atoms with Crippen LogP contribution in [0, 0.1) is 0 Å². The smallest absolute Gasteiger partial charge is 0.253 e. The summed E-state index contributed by atoms with van der Waals surface area (Å²) in [6.45, 7) is 2.29. The van der Waals surface area contributed by atoms with Crippen LogP contribution >= 0.6 is 27.7 Å². The molecule has 190 valence electrons. The number of rotatable bonds is 9. The van der Waals surface area contributed by atoms with Crippen molar-refractivity contribution in [3.63, 3.8) is 0 Å². The molecule has 0 fully saturated rings. The van der Waals surface area contributed by atoms with Crippen LogP contribution in [0.15, 0.2) is 112 Å². The van der Waals surface area contributed by atoms with Crippen LogP contribution in [0.3, 0.4) is 0 Å². The summed E-state index contributed by atoms with van der Waals surface area (Å²) in [6.07, 6.45) is 1.62. The van der Waals surface area contributed by atoms with Crippen molar-refractivity contribution in [2.45, 2.75) is 23.9 Å². The normalized spacial score (nSPS) is 12.1. The number of nitrogens with one attached hydrogen (secondary N) is 2. The lowest BCUT2D eigenvalue weighted by atomic mass is 10.1. The van der Waals surface area contributed by atoms with E-state index in [-0.39, 0.29) is 5.91 Å². The van der Waals surface area contributed by atoms with Gasteiger partial charge in [0.15, 0.2) is 11.0 Å². The zero-order valence-electron chi connectivity index (χ0n) is 20.6. The maximum atomic E-state index is 12.8. The van der Waals surface area contributed by atoms with E-state index in [1.54, 1.807) is 6.21 Å². The molecule has 1 aromatic heterocycles. The van der Waals surface area contributed by atoms with E-state index in [2.05, 4.69) is 66.2 Å². The predicted octanol–water partition coefficient (Wildman–Crippen LogP) is 6.43. The van der Waals surface area contributed by atoms with E-state index in [9.17, 15) is 4.79 Å². The summed E-state index contributed by atoms with van der Waals surface area (Å²) in [4.78, 5) is 12.8. The van der Waals surface area contributed by atoms with Crippen LogP contribution in [0.25, 0.3) is 16.5 Å². The quantitative estimate of drug-likeness (QED) is 0.118. The van der Waals surface area contributed by atoms with E-state index in [0.29, 0.717) is 11.7 Å². The first kappa shape index (κ1) is 25.7. The second kappa shape index (κ2) is 12.1.